The number of esters is 1. The fourth-order valence-corrected chi connectivity index (χ4v) is 1.21. The minimum atomic E-state index is -1.15. The van der Waals surface area contributed by atoms with Gasteiger partial charge in [-0.1, -0.05) is 30.3 Å². The van der Waals surface area contributed by atoms with Gasteiger partial charge >= 0.3 is 5.97 Å². The van der Waals surface area contributed by atoms with Gasteiger partial charge in [0.2, 0.25) is 5.91 Å². The molecule has 1 N–H and O–H groups in total. The molecule has 1 aromatic carbocycles. The maximum atomic E-state index is 11.5. The van der Waals surface area contributed by atoms with E-state index in [9.17, 15) is 9.59 Å². The molecule has 19 heavy (non-hydrogen) atoms. The third-order valence-electron chi connectivity index (χ3n) is 2.48. The van der Waals surface area contributed by atoms with E-state index in [1.807, 2.05) is 36.4 Å². The lowest BCUT2D eigenvalue weighted by Crippen LogP contribution is -2.39. The van der Waals surface area contributed by atoms with Crippen LogP contribution in [-0.4, -0.2) is 18.4 Å². The number of nitriles is 1. The van der Waals surface area contributed by atoms with Gasteiger partial charge in [0, 0.05) is 0 Å². The summed E-state index contributed by atoms with van der Waals surface area (Å²) in [5, 5.41) is 11.1. The Morgan fingerprint density at radius 3 is 2.53 bits per heavy atom. The molecule has 0 aromatic heterocycles. The van der Waals surface area contributed by atoms with Crippen LogP contribution in [-0.2, 0) is 20.9 Å². The number of nitrogens with zero attached hydrogens (tertiary/aromatic N) is 1. The van der Waals surface area contributed by atoms with E-state index < -0.39 is 17.3 Å². The molecular weight excluding hydrogens is 244 g/mol. The topological polar surface area (TPSA) is 79.2 Å². The second-order valence-corrected chi connectivity index (χ2v) is 4.57. The molecule has 0 bridgehead atoms. The fourth-order valence-electron chi connectivity index (χ4n) is 1.21. The van der Waals surface area contributed by atoms with Gasteiger partial charge in [-0.15, -0.1) is 0 Å². The quantitative estimate of drug-likeness (QED) is 0.811. The fraction of sp³-hybridized carbons (Fsp3) is 0.357. The van der Waals surface area contributed by atoms with E-state index in [0.717, 1.165) is 5.56 Å². The molecule has 0 aliphatic rings. The minimum absolute atomic E-state index is 0.164. The van der Waals surface area contributed by atoms with Crippen LogP contribution in [0, 0.1) is 16.7 Å². The van der Waals surface area contributed by atoms with Crippen molar-refractivity contribution in [2.24, 2.45) is 5.41 Å². The number of hydrogen-bond donors (Lipinski definition) is 1. The number of carbonyl (C=O) groups excluding carboxylic acids is 2. The Morgan fingerprint density at radius 1 is 1.32 bits per heavy atom. The molecule has 0 fully saturated rings. The van der Waals surface area contributed by atoms with Crippen LogP contribution in [0.25, 0.3) is 0 Å². The molecule has 0 heterocycles. The summed E-state index contributed by atoms with van der Waals surface area (Å²) in [6.45, 7) is 2.89. The number of hydrogen-bond acceptors (Lipinski definition) is 4. The molecule has 0 aliphatic carbocycles. The number of carbonyl (C=O) groups is 2. The van der Waals surface area contributed by atoms with Crippen LogP contribution in [0.2, 0.25) is 0 Å². The number of ether oxygens (including phenoxy) is 1. The van der Waals surface area contributed by atoms with Crippen LogP contribution in [0.3, 0.4) is 0 Å². The summed E-state index contributed by atoms with van der Waals surface area (Å²) < 4.78 is 4.99. The Kier molecular flexibility index (Phi) is 5.07. The van der Waals surface area contributed by atoms with Gasteiger partial charge in [-0.25, -0.2) is 0 Å². The zero-order valence-electron chi connectivity index (χ0n) is 11.0. The molecule has 0 aliphatic heterocycles. The maximum Gasteiger partial charge on any atom is 0.325 e. The summed E-state index contributed by atoms with van der Waals surface area (Å²) in [6, 6.07) is 11.1. The first-order valence-electron chi connectivity index (χ1n) is 5.85. The molecule has 1 rings (SSSR count). The van der Waals surface area contributed by atoms with Gasteiger partial charge in [0.05, 0.1) is 6.07 Å². The van der Waals surface area contributed by atoms with Crippen molar-refractivity contribution in [2.75, 3.05) is 6.54 Å². The third kappa shape index (κ3) is 4.80. The summed E-state index contributed by atoms with van der Waals surface area (Å²) in [4.78, 5) is 22.9. The van der Waals surface area contributed by atoms with Gasteiger partial charge in [0.15, 0.2) is 0 Å². The molecular formula is C14H16N2O3. The molecule has 0 spiro atoms. The summed E-state index contributed by atoms with van der Waals surface area (Å²) >= 11 is 0. The van der Waals surface area contributed by atoms with E-state index >= 15 is 0 Å². The second kappa shape index (κ2) is 6.55. The van der Waals surface area contributed by atoms with Gasteiger partial charge in [0.25, 0.3) is 0 Å². The smallest absolute Gasteiger partial charge is 0.325 e. The van der Waals surface area contributed by atoms with Crippen molar-refractivity contribution in [2.45, 2.75) is 20.5 Å². The first-order valence-corrected chi connectivity index (χ1v) is 5.85. The molecule has 5 heteroatoms. The molecule has 5 nitrogen and oxygen atoms in total. The van der Waals surface area contributed by atoms with Crippen molar-refractivity contribution in [3.8, 4) is 6.07 Å². The zero-order valence-corrected chi connectivity index (χ0v) is 11.0. The van der Waals surface area contributed by atoms with E-state index in [1.165, 1.54) is 13.8 Å². The normalized spacial score (nSPS) is 10.4. The van der Waals surface area contributed by atoms with Crippen molar-refractivity contribution in [1.29, 1.82) is 5.26 Å². The zero-order chi connectivity index (χ0) is 14.3. The second-order valence-electron chi connectivity index (χ2n) is 4.57. The Hall–Kier alpha value is -2.35. The molecule has 0 saturated carbocycles. The Morgan fingerprint density at radius 2 is 1.95 bits per heavy atom. The highest BCUT2D eigenvalue weighted by atomic mass is 16.5. The van der Waals surface area contributed by atoms with Crippen LogP contribution < -0.4 is 5.32 Å². The predicted octanol–water partition coefficient (Wildman–Crippen LogP) is 1.40. The molecule has 0 radical (unpaired) electrons. The first kappa shape index (κ1) is 14.7. The standard InChI is InChI=1S/C14H16N2O3/c1-14(2,10-15)13(18)16-8-12(17)19-9-11-6-4-3-5-7-11/h3-7H,8-9H2,1-2H3,(H,16,18). The van der Waals surface area contributed by atoms with Gasteiger partial charge in [-0.05, 0) is 19.4 Å². The number of benzene rings is 1. The molecule has 0 atom stereocenters. The van der Waals surface area contributed by atoms with Crippen molar-refractivity contribution in [1.82, 2.24) is 5.32 Å². The van der Waals surface area contributed by atoms with Crippen LogP contribution in [0.1, 0.15) is 19.4 Å². The number of amides is 1. The Balaban J connectivity index is 2.33. The lowest BCUT2D eigenvalue weighted by Gasteiger charge is -2.14. The molecule has 100 valence electrons. The predicted molar refractivity (Wildman–Crippen MR) is 68.6 cm³/mol. The summed E-state index contributed by atoms with van der Waals surface area (Å²) in [7, 11) is 0. The minimum Gasteiger partial charge on any atom is -0.460 e. The van der Waals surface area contributed by atoms with E-state index in [2.05, 4.69) is 5.32 Å². The Labute approximate surface area is 112 Å². The lowest BCUT2D eigenvalue weighted by atomic mass is 9.95. The van der Waals surface area contributed by atoms with E-state index in [1.54, 1.807) is 0 Å². The van der Waals surface area contributed by atoms with E-state index in [4.69, 9.17) is 10.00 Å². The highest BCUT2D eigenvalue weighted by Crippen LogP contribution is 2.12. The van der Waals surface area contributed by atoms with Gasteiger partial charge in [0.1, 0.15) is 18.6 Å². The summed E-state index contributed by atoms with van der Waals surface area (Å²) in [6.07, 6.45) is 0. The largest absolute Gasteiger partial charge is 0.460 e. The average molecular weight is 260 g/mol. The molecule has 1 amide bonds. The first-order chi connectivity index (χ1) is 8.95. The van der Waals surface area contributed by atoms with Crippen molar-refractivity contribution < 1.29 is 14.3 Å². The summed E-state index contributed by atoms with van der Waals surface area (Å²) in [5.74, 6) is -1.03. The third-order valence-corrected chi connectivity index (χ3v) is 2.48. The Bertz CT molecular complexity index is 489. The van der Waals surface area contributed by atoms with Crippen molar-refractivity contribution in [3.05, 3.63) is 35.9 Å². The van der Waals surface area contributed by atoms with E-state index in [0.29, 0.717) is 0 Å². The molecule has 0 saturated heterocycles. The van der Waals surface area contributed by atoms with E-state index in [-0.39, 0.29) is 13.2 Å². The van der Waals surface area contributed by atoms with Gasteiger partial charge < -0.3 is 10.1 Å². The van der Waals surface area contributed by atoms with Gasteiger partial charge in [-0.2, -0.15) is 5.26 Å². The average Bonchev–Trinajstić information content (AvgIpc) is 2.43. The number of rotatable bonds is 5. The highest BCUT2D eigenvalue weighted by molar-refractivity contribution is 5.87. The van der Waals surface area contributed by atoms with Crippen LogP contribution in [0.15, 0.2) is 30.3 Å². The molecule has 0 unspecified atom stereocenters. The monoisotopic (exact) mass is 260 g/mol. The number of nitrogens with one attached hydrogen (secondary N) is 1. The molecule has 1 aromatic rings. The lowest BCUT2D eigenvalue weighted by molar-refractivity contribution is -0.145. The van der Waals surface area contributed by atoms with Crippen molar-refractivity contribution >= 4 is 11.9 Å². The van der Waals surface area contributed by atoms with Gasteiger partial charge in [-0.3, -0.25) is 9.59 Å². The van der Waals surface area contributed by atoms with Crippen LogP contribution >= 0.6 is 0 Å². The maximum absolute atomic E-state index is 11.5. The van der Waals surface area contributed by atoms with Crippen LogP contribution in [0.4, 0.5) is 0 Å². The van der Waals surface area contributed by atoms with Crippen LogP contribution in [0.5, 0.6) is 0 Å². The summed E-state index contributed by atoms with van der Waals surface area (Å²) in [5.41, 5.74) is -0.278. The highest BCUT2D eigenvalue weighted by Gasteiger charge is 2.27. The SMILES string of the molecule is CC(C)(C#N)C(=O)NCC(=O)OCc1ccccc1. The van der Waals surface area contributed by atoms with Crippen molar-refractivity contribution in [3.63, 3.8) is 0 Å².